The lowest BCUT2D eigenvalue weighted by Gasteiger charge is -1.89. The van der Waals surface area contributed by atoms with Gasteiger partial charge in [-0.3, -0.25) is 14.5 Å². The van der Waals surface area contributed by atoms with Crippen LogP contribution in [0.5, 0.6) is 0 Å². The predicted molar refractivity (Wildman–Crippen MR) is 49.6 cm³/mol. The van der Waals surface area contributed by atoms with Gasteiger partial charge in [0.25, 0.3) is 0 Å². The summed E-state index contributed by atoms with van der Waals surface area (Å²) < 4.78 is 55.6. The van der Waals surface area contributed by atoms with Crippen molar-refractivity contribution in [3.63, 3.8) is 0 Å². The van der Waals surface area contributed by atoms with Crippen molar-refractivity contribution in [2.24, 2.45) is 5.73 Å². The van der Waals surface area contributed by atoms with Crippen molar-refractivity contribution < 1.29 is 29.6 Å². The number of rotatable bonds is 2. The highest BCUT2D eigenvalue weighted by atomic mass is 32.3. The Morgan fingerprint density at radius 2 is 1.50 bits per heavy atom. The highest BCUT2D eigenvalue weighted by Crippen LogP contribution is 1.91. The molecular formula is C2H8N2O7S3. The van der Waals surface area contributed by atoms with Crippen molar-refractivity contribution in [3.8, 4) is 0 Å². The largest absolute Gasteiger partial charge is 0.413 e. The van der Waals surface area contributed by atoms with E-state index in [1.165, 1.54) is 11.8 Å². The quantitative estimate of drug-likeness (QED) is 0.274. The number of nitrogens with two attached hydrogens (primary N) is 1. The summed E-state index contributed by atoms with van der Waals surface area (Å²) in [5.41, 5.74) is 4.84. The molecule has 0 rings (SSSR count). The molecular weight excluding hydrogens is 260 g/mol. The second kappa shape index (κ2) is 6.15. The summed E-state index contributed by atoms with van der Waals surface area (Å²) in [7, 11) is -10.2. The van der Waals surface area contributed by atoms with Crippen LogP contribution in [0.3, 0.4) is 0 Å². The van der Waals surface area contributed by atoms with E-state index in [-0.39, 0.29) is 5.17 Å². The Labute approximate surface area is 85.0 Å². The monoisotopic (exact) mass is 268 g/mol. The maximum atomic E-state index is 9.44. The Hall–Kier alpha value is -0.400. The summed E-state index contributed by atoms with van der Waals surface area (Å²) in [6.45, 7) is 0. The van der Waals surface area contributed by atoms with E-state index in [2.05, 4.69) is 3.63 Å². The first-order valence-electron chi connectivity index (χ1n) is 2.52. The maximum absolute atomic E-state index is 9.44. The van der Waals surface area contributed by atoms with E-state index in [1.807, 2.05) is 0 Å². The standard InChI is InChI=1S/C2H6N2S.H2O7S2/c1-5-2(3)4;1-8(2,3)7-9(4,5)6/h1H3,(H3,3,4);(H,1,2,3)(H,4,5,6). The first-order valence-corrected chi connectivity index (χ1v) is 6.47. The molecule has 0 aromatic heterocycles. The van der Waals surface area contributed by atoms with Gasteiger partial charge in [-0.2, -0.15) is 16.8 Å². The molecule has 0 radical (unpaired) electrons. The summed E-state index contributed by atoms with van der Waals surface area (Å²) in [4.78, 5) is 0. The molecule has 0 saturated carbocycles. The van der Waals surface area contributed by atoms with Gasteiger partial charge in [-0.05, 0) is 6.26 Å². The Morgan fingerprint density at radius 3 is 1.50 bits per heavy atom. The van der Waals surface area contributed by atoms with E-state index >= 15 is 0 Å². The third kappa shape index (κ3) is 22.6. The molecule has 0 bridgehead atoms. The van der Waals surface area contributed by atoms with Gasteiger partial charge in [-0.25, -0.2) is 0 Å². The second-order valence-electron chi connectivity index (χ2n) is 1.49. The van der Waals surface area contributed by atoms with Crippen molar-refractivity contribution in [1.82, 2.24) is 0 Å². The first-order chi connectivity index (χ1) is 5.98. The van der Waals surface area contributed by atoms with Crippen LogP contribution in [0.1, 0.15) is 0 Å². The minimum Gasteiger partial charge on any atom is -0.379 e. The average molecular weight is 268 g/mol. The smallest absolute Gasteiger partial charge is 0.379 e. The lowest BCUT2D eigenvalue weighted by Crippen LogP contribution is -2.10. The first kappa shape index (κ1) is 16.0. The molecule has 0 unspecified atom stereocenters. The molecule has 5 N–H and O–H groups in total. The third-order valence-electron chi connectivity index (χ3n) is 0.392. The average Bonchev–Trinajstić information content (AvgIpc) is 1.80. The van der Waals surface area contributed by atoms with Gasteiger partial charge in [0, 0.05) is 0 Å². The molecule has 86 valence electrons. The maximum Gasteiger partial charge on any atom is 0.413 e. The number of hydrogen-bond donors (Lipinski definition) is 4. The summed E-state index contributed by atoms with van der Waals surface area (Å²) >= 11 is 1.24. The fraction of sp³-hybridized carbons (Fsp3) is 0.500. The third-order valence-corrected chi connectivity index (χ3v) is 2.21. The zero-order chi connectivity index (χ0) is 12.0. The molecule has 0 aromatic rings. The second-order valence-corrected chi connectivity index (χ2v) is 4.60. The van der Waals surface area contributed by atoms with Gasteiger partial charge in [0.1, 0.15) is 0 Å². The molecule has 0 spiro atoms. The molecule has 14 heavy (non-hydrogen) atoms. The fourth-order valence-corrected chi connectivity index (χ4v) is 0.978. The fourth-order valence-electron chi connectivity index (χ4n) is 0.109. The summed E-state index contributed by atoms with van der Waals surface area (Å²) in [6.07, 6.45) is 1.77. The van der Waals surface area contributed by atoms with Gasteiger partial charge in [-0.1, -0.05) is 11.8 Å². The van der Waals surface area contributed by atoms with Gasteiger partial charge >= 0.3 is 20.8 Å². The van der Waals surface area contributed by atoms with Crippen molar-refractivity contribution in [1.29, 1.82) is 5.41 Å². The normalized spacial score (nSPS) is 11.4. The van der Waals surface area contributed by atoms with Crippen LogP contribution in [-0.2, 0) is 24.4 Å². The van der Waals surface area contributed by atoms with Crippen LogP contribution in [0.2, 0.25) is 0 Å². The molecule has 0 aliphatic rings. The predicted octanol–water partition coefficient (Wildman–Crippen LogP) is -1.15. The molecule has 12 heteroatoms. The lowest BCUT2D eigenvalue weighted by molar-refractivity contribution is 0.344. The molecule has 0 atom stereocenters. The van der Waals surface area contributed by atoms with E-state index in [1.54, 1.807) is 6.26 Å². The van der Waals surface area contributed by atoms with Crippen molar-refractivity contribution in [3.05, 3.63) is 0 Å². The van der Waals surface area contributed by atoms with Crippen LogP contribution < -0.4 is 5.73 Å². The molecule has 0 amide bonds. The molecule has 0 aromatic carbocycles. The molecule has 0 heterocycles. The van der Waals surface area contributed by atoms with E-state index in [0.717, 1.165) is 0 Å². The number of amidine groups is 1. The van der Waals surface area contributed by atoms with Gasteiger partial charge in [0.2, 0.25) is 0 Å². The van der Waals surface area contributed by atoms with Crippen molar-refractivity contribution in [2.45, 2.75) is 0 Å². The Balaban J connectivity index is 0. The summed E-state index contributed by atoms with van der Waals surface area (Å²) in [5, 5.41) is 6.66. The number of hydrogen-bond acceptors (Lipinski definition) is 7. The van der Waals surface area contributed by atoms with E-state index < -0.39 is 20.8 Å². The highest BCUT2D eigenvalue weighted by Gasteiger charge is 2.15. The highest BCUT2D eigenvalue weighted by molar-refractivity contribution is 8.13. The Kier molecular flexibility index (Phi) is 7.05. The minimum absolute atomic E-state index is 0.171. The zero-order valence-electron chi connectivity index (χ0n) is 6.74. The van der Waals surface area contributed by atoms with Gasteiger partial charge in [0.15, 0.2) is 5.17 Å². The van der Waals surface area contributed by atoms with E-state index in [9.17, 15) is 16.8 Å². The van der Waals surface area contributed by atoms with Crippen LogP contribution >= 0.6 is 11.8 Å². The minimum atomic E-state index is -5.12. The Bertz CT molecular complexity index is 338. The Morgan fingerprint density at radius 1 is 1.29 bits per heavy atom. The number of thioether (sulfide) groups is 1. The van der Waals surface area contributed by atoms with E-state index in [4.69, 9.17) is 20.2 Å². The topological polar surface area (TPSA) is 168 Å². The van der Waals surface area contributed by atoms with Crippen molar-refractivity contribution in [2.75, 3.05) is 6.26 Å². The van der Waals surface area contributed by atoms with Crippen LogP contribution in [0.25, 0.3) is 0 Å². The van der Waals surface area contributed by atoms with Gasteiger partial charge < -0.3 is 5.73 Å². The van der Waals surface area contributed by atoms with Crippen LogP contribution in [0.15, 0.2) is 0 Å². The van der Waals surface area contributed by atoms with E-state index in [0.29, 0.717) is 0 Å². The number of nitrogens with one attached hydrogen (secondary N) is 1. The molecule has 0 aliphatic heterocycles. The lowest BCUT2D eigenvalue weighted by atomic mass is 11.4. The zero-order valence-corrected chi connectivity index (χ0v) is 9.19. The summed E-state index contributed by atoms with van der Waals surface area (Å²) in [5.74, 6) is 0. The molecule has 0 aliphatic carbocycles. The van der Waals surface area contributed by atoms with Crippen LogP contribution in [0.4, 0.5) is 0 Å². The SMILES string of the molecule is CSC(=N)N.O=S(=O)(O)OS(=O)(=O)O. The molecule has 0 saturated heterocycles. The van der Waals surface area contributed by atoms with Crippen LogP contribution in [-0.4, -0.2) is 37.4 Å². The van der Waals surface area contributed by atoms with Crippen LogP contribution in [0, 0.1) is 5.41 Å². The molecule has 9 nitrogen and oxygen atoms in total. The van der Waals surface area contributed by atoms with Crippen molar-refractivity contribution >= 4 is 37.7 Å². The molecule has 0 fully saturated rings. The summed E-state index contributed by atoms with van der Waals surface area (Å²) in [6, 6.07) is 0. The van der Waals surface area contributed by atoms with Gasteiger partial charge in [0.05, 0.1) is 0 Å². The van der Waals surface area contributed by atoms with Gasteiger partial charge in [-0.15, -0.1) is 3.63 Å².